The Balaban J connectivity index is 2.03. The van der Waals surface area contributed by atoms with Gasteiger partial charge < -0.3 is 15.2 Å². The molecule has 5 nitrogen and oxygen atoms in total. The number of hydrogen-bond donors (Lipinski definition) is 2. The zero-order chi connectivity index (χ0) is 16.5. The molecular weight excluding hydrogens is 282 g/mol. The third-order valence-corrected chi connectivity index (χ3v) is 5.21. The van der Waals surface area contributed by atoms with Gasteiger partial charge in [-0.1, -0.05) is 32.0 Å². The summed E-state index contributed by atoms with van der Waals surface area (Å²) in [6.07, 6.45) is 0.821. The molecule has 5 heteroatoms. The molecule has 1 saturated carbocycles. The smallest absolute Gasteiger partial charge is 0.335 e. The van der Waals surface area contributed by atoms with E-state index in [0.29, 0.717) is 5.56 Å². The molecule has 22 heavy (non-hydrogen) atoms. The summed E-state index contributed by atoms with van der Waals surface area (Å²) in [6, 6.07) is 6.62. The predicted octanol–water partition coefficient (Wildman–Crippen LogP) is 2.25. The Labute approximate surface area is 130 Å². The van der Waals surface area contributed by atoms with E-state index in [-0.39, 0.29) is 34.9 Å². The van der Waals surface area contributed by atoms with Gasteiger partial charge in [0.2, 0.25) is 5.91 Å². The molecule has 2 rings (SSSR count). The number of carbonyl (C=O) groups is 2. The van der Waals surface area contributed by atoms with Gasteiger partial charge >= 0.3 is 5.97 Å². The third-order valence-electron chi connectivity index (χ3n) is 5.21. The molecule has 1 fully saturated rings. The highest BCUT2D eigenvalue weighted by molar-refractivity contribution is 5.91. The summed E-state index contributed by atoms with van der Waals surface area (Å²) in [7, 11) is 1.68. The maximum Gasteiger partial charge on any atom is 0.335 e. The molecule has 0 saturated heterocycles. The predicted molar refractivity (Wildman–Crippen MR) is 82.8 cm³/mol. The lowest BCUT2D eigenvalue weighted by Crippen LogP contribution is -2.68. The molecule has 1 aromatic carbocycles. The first-order valence-electron chi connectivity index (χ1n) is 7.37. The van der Waals surface area contributed by atoms with E-state index in [4.69, 9.17) is 9.84 Å². The monoisotopic (exact) mass is 305 g/mol. The minimum absolute atomic E-state index is 0.0296. The van der Waals surface area contributed by atoms with Crippen LogP contribution in [0.2, 0.25) is 0 Å². The number of rotatable bonds is 5. The van der Waals surface area contributed by atoms with Crippen molar-refractivity contribution in [3.05, 3.63) is 35.4 Å². The lowest BCUT2D eigenvalue weighted by molar-refractivity contribution is -0.182. The van der Waals surface area contributed by atoms with Gasteiger partial charge in [0.05, 0.1) is 17.6 Å². The first-order valence-corrected chi connectivity index (χ1v) is 7.37. The zero-order valence-electron chi connectivity index (χ0n) is 13.5. The fourth-order valence-corrected chi connectivity index (χ4v) is 3.02. The second-order valence-corrected chi connectivity index (χ2v) is 6.62. The maximum absolute atomic E-state index is 12.2. The number of carbonyl (C=O) groups excluding carboxylic acids is 1. The molecule has 1 amide bonds. The molecule has 1 aliphatic carbocycles. The minimum Gasteiger partial charge on any atom is -0.478 e. The maximum atomic E-state index is 12.2. The summed E-state index contributed by atoms with van der Waals surface area (Å²) in [5.74, 6) is -1.18. The Morgan fingerprint density at radius 3 is 2.50 bits per heavy atom. The fourth-order valence-electron chi connectivity index (χ4n) is 3.02. The number of benzene rings is 1. The SMILES string of the molecule is COC1(C)CC(NC(=O)Cc2ccccc2C(=O)O)C1(C)C. The van der Waals surface area contributed by atoms with E-state index < -0.39 is 5.97 Å². The molecule has 0 aliphatic heterocycles. The Kier molecular flexibility index (Phi) is 4.29. The number of carboxylic acid groups (broad SMARTS) is 1. The van der Waals surface area contributed by atoms with Crippen molar-refractivity contribution in [3.8, 4) is 0 Å². The van der Waals surface area contributed by atoms with Crippen molar-refractivity contribution in [2.45, 2.75) is 45.3 Å². The van der Waals surface area contributed by atoms with Crippen LogP contribution in [0.1, 0.15) is 43.1 Å². The van der Waals surface area contributed by atoms with Crippen molar-refractivity contribution in [1.82, 2.24) is 5.32 Å². The van der Waals surface area contributed by atoms with Gasteiger partial charge in [-0.3, -0.25) is 4.79 Å². The van der Waals surface area contributed by atoms with E-state index in [1.54, 1.807) is 25.3 Å². The van der Waals surface area contributed by atoms with Gasteiger partial charge in [-0.05, 0) is 25.0 Å². The number of hydrogen-bond acceptors (Lipinski definition) is 3. The number of methoxy groups -OCH3 is 1. The van der Waals surface area contributed by atoms with Gasteiger partial charge in [-0.15, -0.1) is 0 Å². The van der Waals surface area contributed by atoms with Gasteiger partial charge in [0, 0.05) is 18.6 Å². The van der Waals surface area contributed by atoms with Crippen molar-refractivity contribution in [1.29, 1.82) is 0 Å². The van der Waals surface area contributed by atoms with Crippen LogP contribution in [0.5, 0.6) is 0 Å². The van der Waals surface area contributed by atoms with Crippen molar-refractivity contribution < 1.29 is 19.4 Å². The summed E-state index contributed by atoms with van der Waals surface area (Å²) >= 11 is 0. The number of nitrogens with one attached hydrogen (secondary N) is 1. The van der Waals surface area contributed by atoms with Crippen LogP contribution in [0.15, 0.2) is 24.3 Å². The van der Waals surface area contributed by atoms with Crippen LogP contribution in [0, 0.1) is 5.41 Å². The highest BCUT2D eigenvalue weighted by Crippen LogP contribution is 2.51. The lowest BCUT2D eigenvalue weighted by atomic mass is 9.56. The summed E-state index contributed by atoms with van der Waals surface area (Å²) in [5.41, 5.74) is 0.291. The molecule has 0 spiro atoms. The van der Waals surface area contributed by atoms with Gasteiger partial charge in [0.15, 0.2) is 0 Å². The second kappa shape index (κ2) is 5.72. The Hall–Kier alpha value is -1.88. The van der Waals surface area contributed by atoms with E-state index in [1.807, 2.05) is 6.92 Å². The first kappa shape index (κ1) is 16.5. The molecular formula is C17H23NO4. The van der Waals surface area contributed by atoms with Crippen LogP contribution >= 0.6 is 0 Å². The molecule has 0 aromatic heterocycles. The number of carboxylic acids is 1. The van der Waals surface area contributed by atoms with Crippen molar-refractivity contribution in [2.75, 3.05) is 7.11 Å². The van der Waals surface area contributed by atoms with Gasteiger partial charge in [0.25, 0.3) is 0 Å². The van der Waals surface area contributed by atoms with Crippen molar-refractivity contribution >= 4 is 11.9 Å². The van der Waals surface area contributed by atoms with Gasteiger partial charge in [-0.2, -0.15) is 0 Å². The first-order chi connectivity index (χ1) is 10.2. The number of aromatic carboxylic acids is 1. The molecule has 2 unspecified atom stereocenters. The van der Waals surface area contributed by atoms with E-state index in [2.05, 4.69) is 19.2 Å². The third kappa shape index (κ3) is 2.73. The van der Waals surface area contributed by atoms with E-state index in [1.165, 1.54) is 6.07 Å². The average molecular weight is 305 g/mol. The highest BCUT2D eigenvalue weighted by Gasteiger charge is 2.58. The van der Waals surface area contributed by atoms with E-state index >= 15 is 0 Å². The largest absolute Gasteiger partial charge is 0.478 e. The van der Waals surface area contributed by atoms with E-state index in [0.717, 1.165) is 6.42 Å². The van der Waals surface area contributed by atoms with Crippen molar-refractivity contribution in [3.63, 3.8) is 0 Å². The molecule has 120 valence electrons. The van der Waals surface area contributed by atoms with Crippen LogP contribution in [0.4, 0.5) is 0 Å². The molecule has 0 bridgehead atoms. The summed E-state index contributed by atoms with van der Waals surface area (Å²) < 4.78 is 5.54. The normalized spacial score (nSPS) is 26.1. The van der Waals surface area contributed by atoms with Gasteiger partial charge in [-0.25, -0.2) is 4.79 Å². The zero-order valence-corrected chi connectivity index (χ0v) is 13.5. The molecule has 0 radical (unpaired) electrons. The van der Waals surface area contributed by atoms with Crippen LogP contribution in [0.3, 0.4) is 0 Å². The summed E-state index contributed by atoms with van der Waals surface area (Å²) in [6.45, 7) is 6.17. The summed E-state index contributed by atoms with van der Waals surface area (Å²) in [5, 5.41) is 12.2. The lowest BCUT2D eigenvalue weighted by Gasteiger charge is -2.59. The minimum atomic E-state index is -1.01. The highest BCUT2D eigenvalue weighted by atomic mass is 16.5. The quantitative estimate of drug-likeness (QED) is 0.875. The molecule has 0 heterocycles. The van der Waals surface area contributed by atoms with Crippen molar-refractivity contribution in [2.24, 2.45) is 5.41 Å². The van der Waals surface area contributed by atoms with E-state index in [9.17, 15) is 9.59 Å². The molecule has 2 N–H and O–H groups in total. The average Bonchev–Trinajstić information content (AvgIpc) is 2.46. The molecule has 2 atom stereocenters. The van der Waals surface area contributed by atoms with Gasteiger partial charge in [0.1, 0.15) is 0 Å². The van der Waals surface area contributed by atoms with Crippen LogP contribution in [-0.2, 0) is 16.0 Å². The van der Waals surface area contributed by atoms with Crippen LogP contribution < -0.4 is 5.32 Å². The second-order valence-electron chi connectivity index (χ2n) is 6.62. The topological polar surface area (TPSA) is 75.6 Å². The Bertz CT molecular complexity index is 596. The number of amides is 1. The Morgan fingerprint density at radius 1 is 1.32 bits per heavy atom. The summed E-state index contributed by atoms with van der Waals surface area (Å²) in [4.78, 5) is 23.4. The van der Waals surface area contributed by atoms with Crippen LogP contribution in [-0.4, -0.2) is 35.7 Å². The number of ether oxygens (including phenoxy) is 1. The molecule has 1 aliphatic rings. The molecule has 1 aromatic rings. The fraction of sp³-hybridized carbons (Fsp3) is 0.529. The standard InChI is InChI=1S/C17H23NO4/c1-16(2)13(10-17(16,3)22-4)18-14(19)9-11-7-5-6-8-12(11)15(20)21/h5-8,13H,9-10H2,1-4H3,(H,18,19)(H,20,21). The Morgan fingerprint density at radius 2 is 1.95 bits per heavy atom. The van der Waals surface area contributed by atoms with Crippen LogP contribution in [0.25, 0.3) is 0 Å².